The summed E-state index contributed by atoms with van der Waals surface area (Å²) in [4.78, 5) is 39.0. The van der Waals surface area contributed by atoms with Gasteiger partial charge in [-0.25, -0.2) is 9.69 Å². The van der Waals surface area contributed by atoms with Crippen molar-refractivity contribution >= 4 is 41.2 Å². The minimum Gasteiger partial charge on any atom is -0.495 e. The number of nitrogens with zero attached hydrogens (tertiary/aromatic N) is 2. The molecule has 1 fully saturated rings. The van der Waals surface area contributed by atoms with Crippen molar-refractivity contribution in [1.29, 1.82) is 0 Å². The molecule has 1 N–H and O–H groups in total. The summed E-state index contributed by atoms with van der Waals surface area (Å²) in [6.45, 7) is 2.89. The summed E-state index contributed by atoms with van der Waals surface area (Å²) < 4.78 is 12.7. The SMILES string of the molecule is COc1ccc(N2C(=O)NC(=O)C(=Cc3cccn3CCOc3ccc(C)cc3)C2=O)cc1Cl. The minimum atomic E-state index is -0.852. The number of barbiturate groups is 1. The number of anilines is 1. The highest BCUT2D eigenvalue weighted by atomic mass is 35.5. The predicted octanol–water partition coefficient (Wildman–Crippen LogP) is 4.20. The molecule has 2 aromatic carbocycles. The van der Waals surface area contributed by atoms with E-state index in [0.29, 0.717) is 24.6 Å². The van der Waals surface area contributed by atoms with Gasteiger partial charge in [-0.3, -0.25) is 14.9 Å². The van der Waals surface area contributed by atoms with Crippen LogP contribution in [-0.4, -0.2) is 36.1 Å². The van der Waals surface area contributed by atoms with Gasteiger partial charge in [-0.05, 0) is 55.5 Å². The maximum absolute atomic E-state index is 13.1. The van der Waals surface area contributed by atoms with E-state index >= 15 is 0 Å². The number of aromatic nitrogens is 1. The number of nitrogens with one attached hydrogen (secondary N) is 1. The number of methoxy groups -OCH3 is 1. The first-order valence-corrected chi connectivity index (χ1v) is 10.8. The molecule has 3 aromatic rings. The lowest BCUT2D eigenvalue weighted by atomic mass is 10.1. The standard InChI is InChI=1S/C25H22ClN3O5/c1-16-5-8-19(9-6-16)34-13-12-28-11-3-4-17(28)14-20-23(30)27-25(32)29(24(20)31)18-7-10-22(33-2)21(26)15-18/h3-11,14-15H,12-13H2,1-2H3,(H,27,30,32). The van der Waals surface area contributed by atoms with Gasteiger partial charge < -0.3 is 14.0 Å². The van der Waals surface area contributed by atoms with Crippen molar-refractivity contribution in [1.82, 2.24) is 9.88 Å². The van der Waals surface area contributed by atoms with Gasteiger partial charge in [0.1, 0.15) is 23.7 Å². The Bertz CT molecular complexity index is 1280. The number of hydrogen-bond acceptors (Lipinski definition) is 5. The molecule has 8 nitrogen and oxygen atoms in total. The smallest absolute Gasteiger partial charge is 0.335 e. The molecular weight excluding hydrogens is 458 g/mol. The maximum atomic E-state index is 13.1. The number of benzene rings is 2. The van der Waals surface area contributed by atoms with Crippen LogP contribution in [0.3, 0.4) is 0 Å². The van der Waals surface area contributed by atoms with Gasteiger partial charge in [0.2, 0.25) is 0 Å². The number of imide groups is 2. The average molecular weight is 480 g/mol. The van der Waals surface area contributed by atoms with Crippen molar-refractivity contribution in [2.24, 2.45) is 0 Å². The van der Waals surface area contributed by atoms with E-state index in [0.717, 1.165) is 16.2 Å². The third-order valence-corrected chi connectivity index (χ3v) is 5.57. The fourth-order valence-electron chi connectivity index (χ4n) is 3.49. The first-order chi connectivity index (χ1) is 16.4. The Morgan fingerprint density at radius 3 is 2.53 bits per heavy atom. The van der Waals surface area contributed by atoms with Crippen molar-refractivity contribution < 1.29 is 23.9 Å². The number of halogens is 1. The van der Waals surface area contributed by atoms with Crippen LogP contribution in [0.15, 0.2) is 66.4 Å². The molecular formula is C25H22ClN3O5. The van der Waals surface area contributed by atoms with Gasteiger partial charge >= 0.3 is 6.03 Å². The Labute approximate surface area is 201 Å². The molecule has 0 bridgehead atoms. The second-order valence-corrected chi connectivity index (χ2v) is 7.97. The molecule has 0 unspecified atom stereocenters. The largest absolute Gasteiger partial charge is 0.495 e. The van der Waals surface area contributed by atoms with Crippen molar-refractivity contribution in [3.63, 3.8) is 0 Å². The quantitative estimate of drug-likeness (QED) is 0.405. The third-order valence-electron chi connectivity index (χ3n) is 5.27. The first-order valence-electron chi connectivity index (χ1n) is 10.5. The molecule has 0 saturated carbocycles. The zero-order valence-corrected chi connectivity index (χ0v) is 19.3. The van der Waals surface area contributed by atoms with Crippen LogP contribution >= 0.6 is 11.6 Å². The highest BCUT2D eigenvalue weighted by Crippen LogP contribution is 2.31. The van der Waals surface area contributed by atoms with E-state index in [1.54, 1.807) is 12.1 Å². The monoisotopic (exact) mass is 479 g/mol. The zero-order valence-electron chi connectivity index (χ0n) is 18.6. The normalized spacial score (nSPS) is 15.0. The van der Waals surface area contributed by atoms with Crippen LogP contribution in [0.5, 0.6) is 11.5 Å². The average Bonchev–Trinajstić information content (AvgIpc) is 3.25. The van der Waals surface area contributed by atoms with Crippen LogP contribution in [0.1, 0.15) is 11.3 Å². The number of hydrogen-bond donors (Lipinski definition) is 1. The van der Waals surface area contributed by atoms with E-state index in [4.69, 9.17) is 21.1 Å². The lowest BCUT2D eigenvalue weighted by molar-refractivity contribution is -0.122. The van der Waals surface area contributed by atoms with Crippen molar-refractivity contribution in [2.75, 3.05) is 18.6 Å². The van der Waals surface area contributed by atoms with Crippen molar-refractivity contribution in [3.8, 4) is 11.5 Å². The number of carbonyl (C=O) groups is 3. The fraction of sp³-hybridized carbons (Fsp3) is 0.160. The molecule has 1 aromatic heterocycles. The molecule has 0 spiro atoms. The Kier molecular flexibility index (Phi) is 6.70. The van der Waals surface area contributed by atoms with Crippen LogP contribution in [0.25, 0.3) is 6.08 Å². The van der Waals surface area contributed by atoms with Gasteiger partial charge in [0, 0.05) is 11.9 Å². The predicted molar refractivity (Wildman–Crippen MR) is 128 cm³/mol. The second-order valence-electron chi connectivity index (χ2n) is 7.56. The summed E-state index contributed by atoms with van der Waals surface area (Å²) in [7, 11) is 1.46. The van der Waals surface area contributed by atoms with Gasteiger partial charge in [-0.2, -0.15) is 0 Å². The summed E-state index contributed by atoms with van der Waals surface area (Å²) in [5.41, 5.74) is 1.80. The minimum absolute atomic E-state index is 0.175. The molecule has 0 atom stereocenters. The molecule has 0 radical (unpaired) electrons. The van der Waals surface area contributed by atoms with E-state index in [2.05, 4.69) is 5.32 Å². The van der Waals surface area contributed by atoms with Gasteiger partial charge in [-0.1, -0.05) is 29.3 Å². The number of urea groups is 1. The Morgan fingerprint density at radius 1 is 1.06 bits per heavy atom. The highest BCUT2D eigenvalue weighted by molar-refractivity contribution is 6.39. The molecule has 4 rings (SSSR count). The van der Waals surface area contributed by atoms with E-state index in [1.165, 1.54) is 31.4 Å². The zero-order chi connectivity index (χ0) is 24.2. The molecule has 1 aliphatic rings. The number of carbonyl (C=O) groups excluding carboxylic acids is 3. The highest BCUT2D eigenvalue weighted by Gasteiger charge is 2.37. The van der Waals surface area contributed by atoms with Gasteiger partial charge in [0.05, 0.1) is 24.4 Å². The van der Waals surface area contributed by atoms with Gasteiger partial charge in [0.15, 0.2) is 0 Å². The summed E-state index contributed by atoms with van der Waals surface area (Å²) >= 11 is 6.15. The topological polar surface area (TPSA) is 89.9 Å². The van der Waals surface area contributed by atoms with E-state index in [1.807, 2.05) is 42.0 Å². The lowest BCUT2D eigenvalue weighted by Gasteiger charge is -2.26. The fourth-order valence-corrected chi connectivity index (χ4v) is 3.74. The first kappa shape index (κ1) is 23.1. The third kappa shape index (κ3) is 4.82. The molecule has 174 valence electrons. The molecule has 9 heteroatoms. The van der Waals surface area contributed by atoms with Gasteiger partial charge in [0.25, 0.3) is 11.8 Å². The number of aryl methyl sites for hydroxylation is 1. The summed E-state index contributed by atoms with van der Waals surface area (Å²) in [6.07, 6.45) is 3.27. The molecule has 2 heterocycles. The summed E-state index contributed by atoms with van der Waals surface area (Å²) in [5.74, 6) is -0.368. The Morgan fingerprint density at radius 2 is 1.82 bits per heavy atom. The van der Waals surface area contributed by atoms with E-state index < -0.39 is 17.8 Å². The van der Waals surface area contributed by atoms with Crippen LogP contribution in [0.4, 0.5) is 10.5 Å². The molecule has 1 aliphatic heterocycles. The van der Waals surface area contributed by atoms with Gasteiger partial charge in [-0.15, -0.1) is 0 Å². The van der Waals surface area contributed by atoms with Crippen molar-refractivity contribution in [2.45, 2.75) is 13.5 Å². The van der Waals surface area contributed by atoms with Crippen molar-refractivity contribution in [3.05, 3.63) is 82.6 Å². The maximum Gasteiger partial charge on any atom is 0.335 e. The van der Waals surface area contributed by atoms with Crippen LogP contribution in [0.2, 0.25) is 5.02 Å². The van der Waals surface area contributed by atoms with Crippen LogP contribution < -0.4 is 19.7 Å². The molecule has 0 aliphatic carbocycles. The summed E-state index contributed by atoms with van der Waals surface area (Å²) in [5, 5.41) is 2.44. The lowest BCUT2D eigenvalue weighted by Crippen LogP contribution is -2.54. The number of rotatable bonds is 7. The molecule has 34 heavy (non-hydrogen) atoms. The molecule has 1 saturated heterocycles. The Hall–Kier alpha value is -4.04. The van der Waals surface area contributed by atoms with Crippen LogP contribution in [0, 0.1) is 6.92 Å². The second kappa shape index (κ2) is 9.84. The summed E-state index contributed by atoms with van der Waals surface area (Å²) in [6, 6.07) is 14.9. The molecule has 4 amide bonds. The van der Waals surface area contributed by atoms with E-state index in [-0.39, 0.29) is 16.3 Å². The Balaban J connectivity index is 1.54. The number of ether oxygens (including phenoxy) is 2. The van der Waals surface area contributed by atoms with Crippen LogP contribution in [-0.2, 0) is 16.1 Å². The van der Waals surface area contributed by atoms with E-state index in [9.17, 15) is 14.4 Å². The number of amides is 4.